The van der Waals surface area contributed by atoms with Gasteiger partial charge in [-0.2, -0.15) is 0 Å². The minimum absolute atomic E-state index is 0.274. The van der Waals surface area contributed by atoms with Gasteiger partial charge in [0.1, 0.15) is 0 Å². The number of dihydropyridines is 1. The molecular weight excluding hydrogens is 218 g/mol. The van der Waals surface area contributed by atoms with Gasteiger partial charge in [-0.1, -0.05) is 47.6 Å². The van der Waals surface area contributed by atoms with Gasteiger partial charge < -0.3 is 0 Å². The molecule has 0 saturated heterocycles. The molecule has 2 unspecified atom stereocenters. The molecule has 0 fully saturated rings. The zero-order chi connectivity index (χ0) is 12.5. The average molecular weight is 235 g/mol. The standard InChI is InChI=1S/C17H17N/c1-12-9-13(2)11-15(10-12)17-8-7-14-5-3-4-6-16(14)18-17/h3-11,14,16H,1-2H3. The van der Waals surface area contributed by atoms with Crippen LogP contribution in [0.5, 0.6) is 0 Å². The fourth-order valence-electron chi connectivity index (χ4n) is 2.62. The molecule has 90 valence electrons. The highest BCUT2D eigenvalue weighted by molar-refractivity contribution is 6.09. The molecule has 2 atom stereocenters. The van der Waals surface area contributed by atoms with Crippen LogP contribution in [-0.4, -0.2) is 11.8 Å². The van der Waals surface area contributed by atoms with Gasteiger partial charge in [0.25, 0.3) is 0 Å². The molecule has 18 heavy (non-hydrogen) atoms. The van der Waals surface area contributed by atoms with Gasteiger partial charge in [0, 0.05) is 11.5 Å². The van der Waals surface area contributed by atoms with Gasteiger partial charge in [-0.25, -0.2) is 0 Å². The van der Waals surface area contributed by atoms with Gasteiger partial charge in [-0.05, 0) is 32.1 Å². The second-order valence-electron chi connectivity index (χ2n) is 5.09. The second kappa shape index (κ2) is 4.41. The van der Waals surface area contributed by atoms with Gasteiger partial charge in [-0.15, -0.1) is 0 Å². The summed E-state index contributed by atoms with van der Waals surface area (Å²) in [5.41, 5.74) is 4.91. The first-order valence-electron chi connectivity index (χ1n) is 6.42. The van der Waals surface area contributed by atoms with Crippen LogP contribution in [0.15, 0.2) is 59.6 Å². The molecule has 0 radical (unpaired) electrons. The summed E-state index contributed by atoms with van der Waals surface area (Å²) in [5.74, 6) is 0.435. The summed E-state index contributed by atoms with van der Waals surface area (Å²) >= 11 is 0. The Morgan fingerprint density at radius 2 is 1.61 bits per heavy atom. The van der Waals surface area contributed by atoms with Crippen LogP contribution in [0.25, 0.3) is 0 Å². The highest BCUT2D eigenvalue weighted by Crippen LogP contribution is 2.23. The first-order chi connectivity index (χ1) is 8.72. The van der Waals surface area contributed by atoms with Crippen LogP contribution >= 0.6 is 0 Å². The number of allylic oxidation sites excluding steroid dienone is 3. The second-order valence-corrected chi connectivity index (χ2v) is 5.09. The van der Waals surface area contributed by atoms with Gasteiger partial charge in [0.15, 0.2) is 0 Å². The van der Waals surface area contributed by atoms with Crippen molar-refractivity contribution in [2.75, 3.05) is 0 Å². The van der Waals surface area contributed by atoms with Crippen molar-refractivity contribution in [1.82, 2.24) is 0 Å². The molecule has 0 bridgehead atoms. The van der Waals surface area contributed by atoms with Crippen molar-refractivity contribution in [3.8, 4) is 0 Å². The van der Waals surface area contributed by atoms with Crippen LogP contribution < -0.4 is 0 Å². The zero-order valence-corrected chi connectivity index (χ0v) is 10.8. The summed E-state index contributed by atoms with van der Waals surface area (Å²) in [6.07, 6.45) is 13.0. The van der Waals surface area contributed by atoms with E-state index in [-0.39, 0.29) is 6.04 Å². The lowest BCUT2D eigenvalue weighted by molar-refractivity contribution is 0.680. The monoisotopic (exact) mass is 235 g/mol. The van der Waals surface area contributed by atoms with Crippen LogP contribution in [0.2, 0.25) is 0 Å². The molecule has 2 aliphatic rings. The summed E-state index contributed by atoms with van der Waals surface area (Å²) in [7, 11) is 0. The Morgan fingerprint density at radius 3 is 2.39 bits per heavy atom. The summed E-state index contributed by atoms with van der Waals surface area (Å²) in [6.45, 7) is 4.27. The summed E-state index contributed by atoms with van der Waals surface area (Å²) < 4.78 is 0. The first kappa shape index (κ1) is 11.2. The molecule has 1 aliphatic heterocycles. The average Bonchev–Trinajstić information content (AvgIpc) is 2.37. The Labute approximate surface area is 108 Å². The Bertz CT molecular complexity index is 567. The van der Waals surface area contributed by atoms with E-state index in [4.69, 9.17) is 4.99 Å². The number of hydrogen-bond acceptors (Lipinski definition) is 1. The van der Waals surface area contributed by atoms with Crippen molar-refractivity contribution >= 4 is 5.71 Å². The minimum Gasteiger partial charge on any atom is -0.276 e. The molecule has 0 aromatic heterocycles. The van der Waals surface area contributed by atoms with Crippen LogP contribution in [0, 0.1) is 19.8 Å². The van der Waals surface area contributed by atoms with Crippen LogP contribution in [-0.2, 0) is 0 Å². The number of hydrogen-bond donors (Lipinski definition) is 0. The Hall–Kier alpha value is -1.89. The molecule has 0 amide bonds. The first-order valence-corrected chi connectivity index (χ1v) is 6.42. The van der Waals surface area contributed by atoms with Crippen molar-refractivity contribution < 1.29 is 0 Å². The molecule has 1 heteroatoms. The van der Waals surface area contributed by atoms with E-state index in [1.54, 1.807) is 0 Å². The number of benzene rings is 1. The number of fused-ring (bicyclic) bond motifs is 1. The van der Waals surface area contributed by atoms with Crippen molar-refractivity contribution in [2.24, 2.45) is 10.9 Å². The fraction of sp³-hybridized carbons (Fsp3) is 0.235. The molecule has 3 rings (SSSR count). The molecule has 1 heterocycles. The third-order valence-electron chi connectivity index (χ3n) is 3.43. The predicted octanol–water partition coefficient (Wildman–Crippen LogP) is 3.77. The van der Waals surface area contributed by atoms with E-state index in [1.807, 2.05) is 0 Å². The van der Waals surface area contributed by atoms with E-state index in [2.05, 4.69) is 68.5 Å². The third-order valence-corrected chi connectivity index (χ3v) is 3.43. The Morgan fingerprint density at radius 1 is 0.889 bits per heavy atom. The summed E-state index contributed by atoms with van der Waals surface area (Å²) in [4.78, 5) is 4.85. The molecule has 1 nitrogen and oxygen atoms in total. The highest BCUT2D eigenvalue weighted by atomic mass is 14.8. The molecule has 0 N–H and O–H groups in total. The lowest BCUT2D eigenvalue weighted by Crippen LogP contribution is -2.20. The maximum Gasteiger partial charge on any atom is 0.0787 e. The number of nitrogens with zero attached hydrogens (tertiary/aromatic N) is 1. The van der Waals surface area contributed by atoms with Gasteiger partial charge in [-0.3, -0.25) is 4.99 Å². The molecule has 1 aliphatic carbocycles. The molecule has 1 aromatic rings. The van der Waals surface area contributed by atoms with E-state index >= 15 is 0 Å². The molecule has 0 spiro atoms. The van der Waals surface area contributed by atoms with E-state index in [0.717, 1.165) is 5.71 Å². The van der Waals surface area contributed by atoms with Crippen molar-refractivity contribution in [2.45, 2.75) is 19.9 Å². The highest BCUT2D eigenvalue weighted by Gasteiger charge is 2.19. The third kappa shape index (κ3) is 2.08. The smallest absolute Gasteiger partial charge is 0.0787 e. The maximum absolute atomic E-state index is 4.85. The molecular formula is C17H17N. The quantitative estimate of drug-likeness (QED) is 0.702. The van der Waals surface area contributed by atoms with Crippen LogP contribution in [0.4, 0.5) is 0 Å². The number of aryl methyl sites for hydroxylation is 2. The minimum atomic E-state index is 0.274. The summed E-state index contributed by atoms with van der Waals surface area (Å²) in [5, 5.41) is 0. The fourth-order valence-corrected chi connectivity index (χ4v) is 2.62. The van der Waals surface area contributed by atoms with E-state index in [1.165, 1.54) is 16.7 Å². The van der Waals surface area contributed by atoms with Gasteiger partial charge in [0.05, 0.1) is 11.8 Å². The predicted molar refractivity (Wildman–Crippen MR) is 77.2 cm³/mol. The lowest BCUT2D eigenvalue weighted by Gasteiger charge is -2.22. The normalized spacial score (nSPS) is 24.9. The van der Waals surface area contributed by atoms with Crippen molar-refractivity contribution in [3.63, 3.8) is 0 Å². The van der Waals surface area contributed by atoms with Crippen LogP contribution in [0.3, 0.4) is 0 Å². The summed E-state index contributed by atoms with van der Waals surface area (Å²) in [6, 6.07) is 6.89. The molecule has 0 saturated carbocycles. The van der Waals surface area contributed by atoms with Crippen molar-refractivity contribution in [3.05, 3.63) is 71.3 Å². The van der Waals surface area contributed by atoms with E-state index in [9.17, 15) is 0 Å². The Kier molecular flexibility index (Phi) is 2.75. The zero-order valence-electron chi connectivity index (χ0n) is 10.8. The Balaban J connectivity index is 1.98. The van der Waals surface area contributed by atoms with Crippen molar-refractivity contribution in [1.29, 1.82) is 0 Å². The SMILES string of the molecule is Cc1cc(C)cc(C2=NC3C=CC=CC3C=C2)c1. The number of aliphatic imine (C=N–C) groups is 1. The van der Waals surface area contributed by atoms with Crippen LogP contribution in [0.1, 0.15) is 16.7 Å². The topological polar surface area (TPSA) is 12.4 Å². The van der Waals surface area contributed by atoms with E-state index < -0.39 is 0 Å². The molecule has 1 aromatic carbocycles. The lowest BCUT2D eigenvalue weighted by atomic mass is 9.91. The van der Waals surface area contributed by atoms with Gasteiger partial charge in [0.2, 0.25) is 0 Å². The largest absolute Gasteiger partial charge is 0.276 e. The maximum atomic E-state index is 4.85. The number of rotatable bonds is 1. The van der Waals surface area contributed by atoms with Gasteiger partial charge >= 0.3 is 0 Å². The van der Waals surface area contributed by atoms with E-state index in [0.29, 0.717) is 5.92 Å².